The lowest BCUT2D eigenvalue weighted by Crippen LogP contribution is -2.30. The fourth-order valence-electron chi connectivity index (χ4n) is 10.3. The van der Waals surface area contributed by atoms with E-state index in [1.54, 1.807) is 0 Å². The molecule has 0 bridgehead atoms. The molecule has 432 valence electrons. The fraction of sp³-hybridized carbons (Fsp3) is 0.925. The van der Waals surface area contributed by atoms with Gasteiger partial charge in [0, 0.05) is 19.3 Å². The number of ether oxygens (including phenoxy) is 3. The van der Waals surface area contributed by atoms with E-state index in [0.717, 1.165) is 64.2 Å². The van der Waals surface area contributed by atoms with E-state index in [1.165, 1.54) is 276 Å². The Morgan fingerprint density at radius 3 is 0.685 bits per heavy atom. The standard InChI is InChI=1S/C67H128O6/c1-4-7-10-13-16-19-22-25-28-31-32-33-34-35-36-37-40-42-45-48-51-54-57-60-66(69)72-63-64(73-67(70)61-58-55-52-49-46-43-39-30-27-24-21-18-15-12-9-6-3)62-71-65(68)59-56-53-50-47-44-41-38-29-26-23-20-17-14-11-8-5-2/h30,39,64H,4-29,31-38,40-63H2,1-3H3/b39-30-. The Bertz CT molecular complexity index is 1130. The normalized spacial score (nSPS) is 12.0. The molecular formula is C67H128O6. The second-order valence-corrected chi connectivity index (χ2v) is 22.7. The Morgan fingerprint density at radius 1 is 0.260 bits per heavy atom. The zero-order chi connectivity index (χ0) is 52.9. The Labute approximate surface area is 456 Å². The molecule has 1 atom stereocenters. The summed E-state index contributed by atoms with van der Waals surface area (Å²) in [4.78, 5) is 38.3. The molecule has 0 aliphatic rings. The third kappa shape index (κ3) is 60.9. The van der Waals surface area contributed by atoms with Gasteiger partial charge in [-0.1, -0.05) is 328 Å². The molecular weight excluding hydrogens is 901 g/mol. The van der Waals surface area contributed by atoms with E-state index < -0.39 is 6.10 Å². The van der Waals surface area contributed by atoms with Crippen LogP contribution < -0.4 is 0 Å². The van der Waals surface area contributed by atoms with Crippen LogP contribution in [0.1, 0.15) is 380 Å². The van der Waals surface area contributed by atoms with Gasteiger partial charge in [0.2, 0.25) is 0 Å². The number of carbonyl (C=O) groups is 3. The van der Waals surface area contributed by atoms with Crippen molar-refractivity contribution in [2.45, 2.75) is 386 Å². The highest BCUT2D eigenvalue weighted by atomic mass is 16.6. The van der Waals surface area contributed by atoms with Crippen LogP contribution in [-0.2, 0) is 28.6 Å². The maximum absolute atomic E-state index is 12.9. The molecule has 0 rings (SSSR count). The third-order valence-electron chi connectivity index (χ3n) is 15.3. The number of rotatable bonds is 62. The van der Waals surface area contributed by atoms with Crippen LogP contribution in [0.15, 0.2) is 12.2 Å². The van der Waals surface area contributed by atoms with E-state index in [0.29, 0.717) is 19.3 Å². The SMILES string of the molecule is CCCCCCCCC/C=C\CCCCCCCC(=O)OC(COC(=O)CCCCCCCCCCCCCCCCCC)COC(=O)CCCCCCCCCCCCCCCCCCCCCCCCC. The Hall–Kier alpha value is -1.85. The lowest BCUT2D eigenvalue weighted by molar-refractivity contribution is -0.167. The van der Waals surface area contributed by atoms with E-state index >= 15 is 0 Å². The van der Waals surface area contributed by atoms with Crippen LogP contribution in [0.5, 0.6) is 0 Å². The van der Waals surface area contributed by atoms with E-state index in [4.69, 9.17) is 14.2 Å². The van der Waals surface area contributed by atoms with Gasteiger partial charge in [-0.25, -0.2) is 0 Å². The minimum Gasteiger partial charge on any atom is -0.462 e. The quantitative estimate of drug-likeness (QED) is 0.0261. The van der Waals surface area contributed by atoms with E-state index in [1.807, 2.05) is 0 Å². The van der Waals surface area contributed by atoms with Crippen molar-refractivity contribution < 1.29 is 28.6 Å². The number of hydrogen-bond donors (Lipinski definition) is 0. The van der Waals surface area contributed by atoms with Gasteiger partial charge in [-0.3, -0.25) is 14.4 Å². The van der Waals surface area contributed by atoms with Crippen molar-refractivity contribution in [1.82, 2.24) is 0 Å². The highest BCUT2D eigenvalue weighted by Gasteiger charge is 2.19. The van der Waals surface area contributed by atoms with Crippen LogP contribution >= 0.6 is 0 Å². The summed E-state index contributed by atoms with van der Waals surface area (Å²) in [5.41, 5.74) is 0. The van der Waals surface area contributed by atoms with Gasteiger partial charge in [-0.2, -0.15) is 0 Å². The summed E-state index contributed by atoms with van der Waals surface area (Å²) >= 11 is 0. The van der Waals surface area contributed by atoms with Crippen molar-refractivity contribution in [2.75, 3.05) is 13.2 Å². The first-order valence-electron chi connectivity index (χ1n) is 33.2. The van der Waals surface area contributed by atoms with Gasteiger partial charge in [0.25, 0.3) is 0 Å². The molecule has 0 fully saturated rings. The monoisotopic (exact) mass is 1030 g/mol. The minimum atomic E-state index is -0.770. The molecule has 0 saturated carbocycles. The first-order chi connectivity index (χ1) is 36.0. The van der Waals surface area contributed by atoms with Crippen molar-refractivity contribution in [3.8, 4) is 0 Å². The van der Waals surface area contributed by atoms with Crippen LogP contribution in [0.4, 0.5) is 0 Å². The Kier molecular flexibility index (Phi) is 61.1. The maximum atomic E-state index is 12.9. The van der Waals surface area contributed by atoms with Crippen LogP contribution in [-0.4, -0.2) is 37.2 Å². The molecule has 1 unspecified atom stereocenters. The Morgan fingerprint density at radius 2 is 0.452 bits per heavy atom. The van der Waals surface area contributed by atoms with Crippen LogP contribution in [0.3, 0.4) is 0 Å². The summed E-state index contributed by atoms with van der Waals surface area (Å²) in [7, 11) is 0. The zero-order valence-corrected chi connectivity index (χ0v) is 49.7. The van der Waals surface area contributed by atoms with Crippen molar-refractivity contribution in [2.24, 2.45) is 0 Å². The van der Waals surface area contributed by atoms with E-state index in [-0.39, 0.29) is 31.1 Å². The summed E-state index contributed by atoms with van der Waals surface area (Å²) in [5, 5.41) is 0. The molecule has 0 aromatic heterocycles. The number of unbranched alkanes of at least 4 members (excludes halogenated alkanes) is 49. The highest BCUT2D eigenvalue weighted by molar-refractivity contribution is 5.71. The van der Waals surface area contributed by atoms with Crippen molar-refractivity contribution >= 4 is 17.9 Å². The number of esters is 3. The van der Waals surface area contributed by atoms with Crippen LogP contribution in [0, 0.1) is 0 Å². The predicted molar refractivity (Wildman–Crippen MR) is 317 cm³/mol. The van der Waals surface area contributed by atoms with Gasteiger partial charge in [0.05, 0.1) is 0 Å². The molecule has 0 aliphatic heterocycles. The second kappa shape index (κ2) is 62.7. The average molecular weight is 1030 g/mol. The van der Waals surface area contributed by atoms with E-state index in [9.17, 15) is 14.4 Å². The van der Waals surface area contributed by atoms with Gasteiger partial charge in [-0.05, 0) is 44.9 Å². The topological polar surface area (TPSA) is 78.9 Å². The number of allylic oxidation sites excluding steroid dienone is 2. The molecule has 0 aromatic carbocycles. The fourth-order valence-corrected chi connectivity index (χ4v) is 10.3. The molecule has 0 heterocycles. The first kappa shape index (κ1) is 71.2. The summed E-state index contributed by atoms with van der Waals surface area (Å²) in [6.45, 7) is 6.71. The summed E-state index contributed by atoms with van der Waals surface area (Å²) in [5.74, 6) is -0.842. The molecule has 0 amide bonds. The van der Waals surface area contributed by atoms with Crippen molar-refractivity contribution in [3.63, 3.8) is 0 Å². The lowest BCUT2D eigenvalue weighted by atomic mass is 10.0. The molecule has 6 nitrogen and oxygen atoms in total. The summed E-state index contributed by atoms with van der Waals surface area (Å²) in [6, 6.07) is 0. The van der Waals surface area contributed by atoms with Crippen LogP contribution in [0.2, 0.25) is 0 Å². The molecule has 0 spiro atoms. The molecule has 0 saturated heterocycles. The average Bonchev–Trinajstić information content (AvgIpc) is 3.39. The molecule has 73 heavy (non-hydrogen) atoms. The second-order valence-electron chi connectivity index (χ2n) is 22.7. The zero-order valence-electron chi connectivity index (χ0n) is 49.7. The van der Waals surface area contributed by atoms with Crippen molar-refractivity contribution in [1.29, 1.82) is 0 Å². The molecule has 6 heteroatoms. The number of carbonyl (C=O) groups excluding carboxylic acids is 3. The Balaban J connectivity index is 4.26. The molecule has 0 aliphatic carbocycles. The minimum absolute atomic E-state index is 0.0667. The predicted octanol–water partition coefficient (Wildman–Crippen LogP) is 22.4. The molecule has 0 radical (unpaired) electrons. The highest BCUT2D eigenvalue weighted by Crippen LogP contribution is 2.18. The van der Waals surface area contributed by atoms with Gasteiger partial charge < -0.3 is 14.2 Å². The summed E-state index contributed by atoms with van der Waals surface area (Å²) < 4.78 is 17.0. The van der Waals surface area contributed by atoms with Gasteiger partial charge in [0.1, 0.15) is 13.2 Å². The lowest BCUT2D eigenvalue weighted by Gasteiger charge is -2.18. The smallest absolute Gasteiger partial charge is 0.306 e. The molecule has 0 N–H and O–H groups in total. The maximum Gasteiger partial charge on any atom is 0.306 e. The number of hydrogen-bond acceptors (Lipinski definition) is 6. The van der Waals surface area contributed by atoms with Gasteiger partial charge in [0.15, 0.2) is 6.10 Å². The first-order valence-corrected chi connectivity index (χ1v) is 33.2. The van der Waals surface area contributed by atoms with Crippen molar-refractivity contribution in [3.05, 3.63) is 12.2 Å². The van der Waals surface area contributed by atoms with Gasteiger partial charge >= 0.3 is 17.9 Å². The third-order valence-corrected chi connectivity index (χ3v) is 15.3. The van der Waals surface area contributed by atoms with Crippen LogP contribution in [0.25, 0.3) is 0 Å². The van der Waals surface area contributed by atoms with E-state index in [2.05, 4.69) is 32.9 Å². The summed E-state index contributed by atoms with van der Waals surface area (Å²) in [6.07, 6.45) is 73.7. The van der Waals surface area contributed by atoms with Gasteiger partial charge in [-0.15, -0.1) is 0 Å². The molecule has 0 aromatic rings. The largest absolute Gasteiger partial charge is 0.462 e.